The first-order chi connectivity index (χ1) is 9.26. The summed E-state index contributed by atoms with van der Waals surface area (Å²) in [5.41, 5.74) is 11.4. The molecule has 0 amide bonds. The Labute approximate surface area is 122 Å². The molecular formula is C9H20N6O5S. The molecule has 7 N–H and O–H groups in total. The van der Waals surface area contributed by atoms with Gasteiger partial charge >= 0.3 is 10.4 Å². The highest BCUT2D eigenvalue weighted by Gasteiger charge is 2.28. The quantitative estimate of drug-likeness (QED) is 0.455. The van der Waals surface area contributed by atoms with Gasteiger partial charge in [0.15, 0.2) is 0 Å². The van der Waals surface area contributed by atoms with Crippen molar-refractivity contribution in [3.05, 3.63) is 11.9 Å². The highest BCUT2D eigenvalue weighted by molar-refractivity contribution is 7.80. The number of likely N-dealkylation sites (N-methyl/N-ethyl adjacent to an activating group) is 1. The van der Waals surface area contributed by atoms with Gasteiger partial charge in [-0.05, 0) is 13.1 Å². The van der Waals surface area contributed by atoms with Gasteiger partial charge in [0.05, 0.1) is 0 Å². The summed E-state index contributed by atoms with van der Waals surface area (Å²) in [5, 5.41) is 0.634. The van der Waals surface area contributed by atoms with Crippen LogP contribution >= 0.6 is 0 Å². The van der Waals surface area contributed by atoms with Crippen LogP contribution < -0.4 is 11.5 Å². The van der Waals surface area contributed by atoms with Gasteiger partial charge in [0, 0.05) is 26.2 Å². The van der Waals surface area contributed by atoms with Crippen molar-refractivity contribution >= 4 is 16.4 Å². The fourth-order valence-electron chi connectivity index (χ4n) is 1.98. The third-order valence-electron chi connectivity index (χ3n) is 3.05. The maximum atomic E-state index is 10.7. The number of piperazine rings is 1. The third-order valence-corrected chi connectivity index (χ3v) is 3.40. The number of guanidine groups is 1. The number of hydrogen-bond acceptors (Lipinski definition) is 9. The highest BCUT2D eigenvalue weighted by Crippen LogP contribution is 2.17. The van der Waals surface area contributed by atoms with Crippen LogP contribution in [0, 0.1) is 0 Å². The van der Waals surface area contributed by atoms with Crippen molar-refractivity contribution in [3.8, 4) is 0 Å². The Kier molecular flexibility index (Phi) is 5.49. The first-order valence-corrected chi connectivity index (χ1v) is 7.34. The second-order valence-electron chi connectivity index (χ2n) is 4.60. The summed E-state index contributed by atoms with van der Waals surface area (Å²) in [6.07, 6.45) is 0.566. The minimum atomic E-state index is -4.70. The van der Waals surface area contributed by atoms with Crippen LogP contribution in [-0.2, 0) is 14.7 Å². The van der Waals surface area contributed by atoms with Gasteiger partial charge in [-0.25, -0.2) is 0 Å². The molecule has 0 aromatic rings. The standard InChI is InChI=1S/C9H18N6O4S.H2O/c1-13-2-4-14(5-3-13)8-6-7(10)15(9(11)12-8)19-20(16,17)18;/h6-7H,2-5,10H2,1H3,(H2,11,12)(H,16,17,18);1H2. The third kappa shape index (κ3) is 4.52. The Morgan fingerprint density at radius 2 is 1.95 bits per heavy atom. The molecule has 0 aromatic heterocycles. The SMILES string of the molecule is CN1CCN(C2=CC(N)N(OS(=O)(=O)O)C(N)=N2)CC1.O. The van der Waals surface area contributed by atoms with Crippen LogP contribution in [0.5, 0.6) is 0 Å². The molecule has 1 atom stereocenters. The average molecular weight is 324 g/mol. The minimum Gasteiger partial charge on any atom is -0.412 e. The lowest BCUT2D eigenvalue weighted by molar-refractivity contribution is -0.0135. The second kappa shape index (κ2) is 6.55. The molecule has 1 saturated heterocycles. The summed E-state index contributed by atoms with van der Waals surface area (Å²) < 4.78 is 34.3. The lowest BCUT2D eigenvalue weighted by Crippen LogP contribution is -2.53. The molecule has 0 saturated carbocycles. The van der Waals surface area contributed by atoms with Gasteiger partial charge in [-0.1, -0.05) is 0 Å². The van der Waals surface area contributed by atoms with E-state index in [4.69, 9.17) is 16.0 Å². The molecule has 2 heterocycles. The summed E-state index contributed by atoms with van der Waals surface area (Å²) in [5.74, 6) is 0.338. The maximum absolute atomic E-state index is 10.7. The zero-order valence-electron chi connectivity index (χ0n) is 11.5. The summed E-state index contributed by atoms with van der Waals surface area (Å²) in [6.45, 7) is 3.30. The van der Waals surface area contributed by atoms with E-state index in [1.807, 2.05) is 11.9 Å². The van der Waals surface area contributed by atoms with Crippen molar-refractivity contribution in [2.24, 2.45) is 16.5 Å². The van der Waals surface area contributed by atoms with Crippen molar-refractivity contribution in [1.29, 1.82) is 0 Å². The molecule has 11 nitrogen and oxygen atoms in total. The normalized spacial score (nSPS) is 24.2. The zero-order valence-corrected chi connectivity index (χ0v) is 12.3. The number of nitrogens with two attached hydrogens (primary N) is 2. The second-order valence-corrected chi connectivity index (χ2v) is 5.61. The van der Waals surface area contributed by atoms with Crippen molar-refractivity contribution in [2.75, 3.05) is 33.2 Å². The van der Waals surface area contributed by atoms with E-state index in [1.165, 1.54) is 6.08 Å². The molecule has 0 aliphatic carbocycles. The zero-order chi connectivity index (χ0) is 14.9. The maximum Gasteiger partial charge on any atom is 0.418 e. The molecule has 122 valence electrons. The van der Waals surface area contributed by atoms with E-state index in [0.29, 0.717) is 10.9 Å². The van der Waals surface area contributed by atoms with Crippen LogP contribution in [0.1, 0.15) is 0 Å². The van der Waals surface area contributed by atoms with Gasteiger partial charge in [-0.3, -0.25) is 4.55 Å². The van der Waals surface area contributed by atoms with Crippen molar-refractivity contribution < 1.29 is 22.7 Å². The smallest absolute Gasteiger partial charge is 0.412 e. The molecular weight excluding hydrogens is 304 g/mol. The van der Waals surface area contributed by atoms with Crippen molar-refractivity contribution in [3.63, 3.8) is 0 Å². The van der Waals surface area contributed by atoms with Crippen LogP contribution in [0.15, 0.2) is 16.9 Å². The Hall–Kier alpha value is -1.44. The van der Waals surface area contributed by atoms with Gasteiger partial charge in [0.2, 0.25) is 5.96 Å². The molecule has 1 fully saturated rings. The van der Waals surface area contributed by atoms with Crippen LogP contribution in [0.3, 0.4) is 0 Å². The molecule has 2 aliphatic rings. The first-order valence-electron chi connectivity index (χ1n) is 5.97. The molecule has 2 rings (SSSR count). The molecule has 2 aliphatic heterocycles. The summed E-state index contributed by atoms with van der Waals surface area (Å²) >= 11 is 0. The predicted molar refractivity (Wildman–Crippen MR) is 74.8 cm³/mol. The Morgan fingerprint density at radius 1 is 1.38 bits per heavy atom. The predicted octanol–water partition coefficient (Wildman–Crippen LogP) is -3.10. The van der Waals surface area contributed by atoms with E-state index >= 15 is 0 Å². The molecule has 12 heteroatoms. The van der Waals surface area contributed by atoms with Gasteiger partial charge in [-0.2, -0.15) is 18.5 Å². The lowest BCUT2D eigenvalue weighted by atomic mass is 10.3. The molecule has 0 spiro atoms. The lowest BCUT2D eigenvalue weighted by Gasteiger charge is -2.36. The largest absolute Gasteiger partial charge is 0.418 e. The summed E-state index contributed by atoms with van der Waals surface area (Å²) in [7, 11) is -2.68. The molecule has 1 unspecified atom stereocenters. The number of rotatable bonds is 3. The van der Waals surface area contributed by atoms with E-state index in [-0.39, 0.29) is 11.4 Å². The van der Waals surface area contributed by atoms with Gasteiger partial charge in [0.25, 0.3) is 0 Å². The fraction of sp³-hybridized carbons (Fsp3) is 0.667. The van der Waals surface area contributed by atoms with E-state index in [0.717, 1.165) is 26.2 Å². The topological polar surface area (TPSA) is 169 Å². The summed E-state index contributed by atoms with van der Waals surface area (Å²) in [6, 6.07) is 0. The number of hydrogen-bond donors (Lipinski definition) is 3. The minimum absolute atomic E-state index is 0. The Bertz CT molecular complexity index is 527. The van der Waals surface area contributed by atoms with Crippen LogP contribution in [0.25, 0.3) is 0 Å². The average Bonchev–Trinajstić information content (AvgIpc) is 2.33. The molecule has 0 aromatic carbocycles. The van der Waals surface area contributed by atoms with Gasteiger partial charge in [0.1, 0.15) is 12.0 Å². The summed E-state index contributed by atoms with van der Waals surface area (Å²) in [4.78, 5) is 8.23. The van der Waals surface area contributed by atoms with Gasteiger partial charge < -0.3 is 26.7 Å². The molecule has 21 heavy (non-hydrogen) atoms. The molecule has 0 bridgehead atoms. The van der Waals surface area contributed by atoms with E-state index in [2.05, 4.69) is 14.2 Å². The van der Waals surface area contributed by atoms with Crippen LogP contribution in [0.4, 0.5) is 0 Å². The van der Waals surface area contributed by atoms with Gasteiger partial charge in [-0.15, -0.1) is 4.28 Å². The molecule has 0 radical (unpaired) electrons. The van der Waals surface area contributed by atoms with Crippen LogP contribution in [0.2, 0.25) is 0 Å². The van der Waals surface area contributed by atoms with E-state index in [9.17, 15) is 8.42 Å². The van der Waals surface area contributed by atoms with Crippen molar-refractivity contribution in [1.82, 2.24) is 14.9 Å². The van der Waals surface area contributed by atoms with Crippen molar-refractivity contribution in [2.45, 2.75) is 6.17 Å². The fourth-order valence-corrected chi connectivity index (χ4v) is 2.36. The van der Waals surface area contributed by atoms with Crippen LogP contribution in [-0.4, -0.2) is 78.7 Å². The number of hydroxylamine groups is 2. The monoisotopic (exact) mass is 324 g/mol. The Morgan fingerprint density at radius 3 is 2.43 bits per heavy atom. The number of nitrogens with zero attached hydrogens (tertiary/aromatic N) is 4. The van der Waals surface area contributed by atoms with E-state index in [1.54, 1.807) is 0 Å². The first kappa shape index (κ1) is 17.6. The Balaban J connectivity index is 0.00000220. The number of aliphatic imine (C=N–C) groups is 1. The highest BCUT2D eigenvalue weighted by atomic mass is 32.3. The van der Waals surface area contributed by atoms with E-state index < -0.39 is 16.6 Å².